The lowest BCUT2D eigenvalue weighted by Crippen LogP contribution is -2.31. The number of anilines is 1. The fourth-order valence-electron chi connectivity index (χ4n) is 1.63. The van der Waals surface area contributed by atoms with Crippen LogP contribution in [0.25, 0.3) is 0 Å². The Morgan fingerprint density at radius 1 is 1.38 bits per heavy atom. The van der Waals surface area contributed by atoms with Crippen molar-refractivity contribution >= 4 is 5.95 Å². The zero-order valence-corrected chi connectivity index (χ0v) is 7.40. The van der Waals surface area contributed by atoms with Crippen LogP contribution in [0.4, 0.5) is 5.95 Å². The summed E-state index contributed by atoms with van der Waals surface area (Å²) in [6.07, 6.45) is 3.46. The van der Waals surface area contributed by atoms with Gasteiger partial charge in [0, 0.05) is 0 Å². The van der Waals surface area contributed by atoms with Gasteiger partial charge in [-0.2, -0.15) is 0 Å². The number of hydrogen-bond donors (Lipinski definition) is 3. The highest BCUT2D eigenvalue weighted by Gasteiger charge is 2.20. The first kappa shape index (κ1) is 8.31. The summed E-state index contributed by atoms with van der Waals surface area (Å²) >= 11 is 0. The summed E-state index contributed by atoms with van der Waals surface area (Å²) in [6.45, 7) is 1.01. The van der Waals surface area contributed by atoms with Crippen molar-refractivity contribution in [3.63, 3.8) is 0 Å². The molecule has 0 saturated carbocycles. The maximum atomic E-state index is 5.66. The van der Waals surface area contributed by atoms with E-state index >= 15 is 0 Å². The molecule has 0 spiro atoms. The Labute approximate surface area is 76.3 Å². The summed E-state index contributed by atoms with van der Waals surface area (Å²) in [4.78, 5) is 0. The van der Waals surface area contributed by atoms with Gasteiger partial charge in [-0.3, -0.25) is 0 Å². The Bertz CT molecular complexity index is 287. The highest BCUT2D eigenvalue weighted by Crippen LogP contribution is 2.20. The number of nitrogen functional groups attached to an aromatic ring is 2. The number of nitrogens with two attached hydrogens (primary N) is 2. The SMILES string of the molecule is Nc1nnc(C2CCCCN2)n1N. The molecule has 1 aromatic rings. The molecule has 2 heterocycles. The van der Waals surface area contributed by atoms with Crippen molar-refractivity contribution in [3.8, 4) is 0 Å². The number of rotatable bonds is 1. The topological polar surface area (TPSA) is 94.8 Å². The highest BCUT2D eigenvalue weighted by molar-refractivity contribution is 5.18. The van der Waals surface area contributed by atoms with Crippen molar-refractivity contribution in [1.29, 1.82) is 0 Å². The average Bonchev–Trinajstić information content (AvgIpc) is 2.49. The van der Waals surface area contributed by atoms with Gasteiger partial charge in [0.2, 0.25) is 5.95 Å². The van der Waals surface area contributed by atoms with E-state index in [1.54, 1.807) is 0 Å². The lowest BCUT2D eigenvalue weighted by atomic mass is 10.0. The van der Waals surface area contributed by atoms with Crippen LogP contribution in [0.3, 0.4) is 0 Å². The molecule has 1 saturated heterocycles. The van der Waals surface area contributed by atoms with E-state index in [2.05, 4.69) is 15.5 Å². The number of nitrogens with one attached hydrogen (secondary N) is 1. The first-order chi connectivity index (χ1) is 6.29. The zero-order valence-electron chi connectivity index (χ0n) is 7.40. The third kappa shape index (κ3) is 1.44. The molecule has 2 rings (SSSR count). The Hall–Kier alpha value is -1.30. The summed E-state index contributed by atoms with van der Waals surface area (Å²) < 4.78 is 1.35. The molecule has 0 radical (unpaired) electrons. The van der Waals surface area contributed by atoms with E-state index in [1.165, 1.54) is 17.5 Å². The largest absolute Gasteiger partial charge is 0.366 e. The van der Waals surface area contributed by atoms with Crippen LogP contribution in [0.2, 0.25) is 0 Å². The standard InChI is InChI=1S/C7H14N6/c8-7-12-11-6(13(7)9)5-3-1-2-4-10-5/h5,10H,1-4,9H2,(H2,8,12). The van der Waals surface area contributed by atoms with Crippen LogP contribution >= 0.6 is 0 Å². The van der Waals surface area contributed by atoms with Crippen molar-refractivity contribution in [2.45, 2.75) is 25.3 Å². The maximum absolute atomic E-state index is 5.66. The van der Waals surface area contributed by atoms with Crippen LogP contribution in [-0.2, 0) is 0 Å². The van der Waals surface area contributed by atoms with Gasteiger partial charge in [0.05, 0.1) is 6.04 Å². The molecular weight excluding hydrogens is 168 g/mol. The monoisotopic (exact) mass is 182 g/mol. The van der Waals surface area contributed by atoms with Gasteiger partial charge in [-0.15, -0.1) is 10.2 Å². The van der Waals surface area contributed by atoms with E-state index < -0.39 is 0 Å². The van der Waals surface area contributed by atoms with Gasteiger partial charge in [0.1, 0.15) is 0 Å². The van der Waals surface area contributed by atoms with Crippen LogP contribution in [0.1, 0.15) is 31.1 Å². The number of piperidine rings is 1. The first-order valence-corrected chi connectivity index (χ1v) is 4.48. The average molecular weight is 182 g/mol. The van der Waals surface area contributed by atoms with Crippen molar-refractivity contribution < 1.29 is 0 Å². The molecule has 0 bridgehead atoms. The van der Waals surface area contributed by atoms with E-state index in [-0.39, 0.29) is 12.0 Å². The first-order valence-electron chi connectivity index (χ1n) is 4.48. The summed E-state index contributed by atoms with van der Waals surface area (Å²) in [6, 6.07) is 0.212. The van der Waals surface area contributed by atoms with Crippen molar-refractivity contribution in [1.82, 2.24) is 20.2 Å². The molecule has 0 amide bonds. The molecular formula is C7H14N6. The van der Waals surface area contributed by atoms with Crippen molar-refractivity contribution in [2.75, 3.05) is 18.1 Å². The molecule has 6 nitrogen and oxygen atoms in total. The lowest BCUT2D eigenvalue weighted by molar-refractivity contribution is 0.392. The second kappa shape index (κ2) is 3.21. The third-order valence-corrected chi connectivity index (χ3v) is 2.37. The minimum absolute atomic E-state index is 0.212. The zero-order chi connectivity index (χ0) is 9.26. The second-order valence-electron chi connectivity index (χ2n) is 3.29. The number of aromatic nitrogens is 3. The fourth-order valence-corrected chi connectivity index (χ4v) is 1.63. The van der Waals surface area contributed by atoms with Crippen molar-refractivity contribution in [2.24, 2.45) is 0 Å². The molecule has 1 unspecified atom stereocenters. The minimum atomic E-state index is 0.212. The second-order valence-corrected chi connectivity index (χ2v) is 3.29. The Kier molecular flexibility index (Phi) is 2.05. The van der Waals surface area contributed by atoms with E-state index in [9.17, 15) is 0 Å². The molecule has 5 N–H and O–H groups in total. The number of nitrogens with zero attached hydrogens (tertiary/aromatic N) is 3. The van der Waals surface area contributed by atoms with Crippen LogP contribution < -0.4 is 16.9 Å². The van der Waals surface area contributed by atoms with E-state index in [4.69, 9.17) is 11.6 Å². The predicted molar refractivity (Wildman–Crippen MR) is 49.2 cm³/mol. The summed E-state index contributed by atoms with van der Waals surface area (Å²) in [5.74, 6) is 6.66. The predicted octanol–water partition coefficient (Wildman–Crippen LogP) is -0.611. The minimum Gasteiger partial charge on any atom is -0.366 e. The van der Waals surface area contributed by atoms with E-state index in [0.29, 0.717) is 0 Å². The fraction of sp³-hybridized carbons (Fsp3) is 0.714. The molecule has 6 heteroatoms. The highest BCUT2D eigenvalue weighted by atomic mass is 15.5. The van der Waals surface area contributed by atoms with Gasteiger partial charge in [-0.25, -0.2) is 4.68 Å². The molecule has 72 valence electrons. The number of hydrogen-bond acceptors (Lipinski definition) is 5. The summed E-state index contributed by atoms with van der Waals surface area (Å²) in [5, 5.41) is 11.0. The Balaban J connectivity index is 2.18. The normalized spacial score (nSPS) is 23.2. The van der Waals surface area contributed by atoms with Gasteiger partial charge in [-0.1, -0.05) is 6.42 Å². The molecule has 1 aliphatic heterocycles. The van der Waals surface area contributed by atoms with Crippen LogP contribution in [0.5, 0.6) is 0 Å². The van der Waals surface area contributed by atoms with E-state index in [1.807, 2.05) is 0 Å². The molecule has 1 fully saturated rings. The molecule has 1 aromatic heterocycles. The lowest BCUT2D eigenvalue weighted by Gasteiger charge is -2.21. The third-order valence-electron chi connectivity index (χ3n) is 2.37. The Morgan fingerprint density at radius 3 is 2.77 bits per heavy atom. The van der Waals surface area contributed by atoms with Crippen molar-refractivity contribution in [3.05, 3.63) is 5.82 Å². The molecule has 13 heavy (non-hydrogen) atoms. The van der Waals surface area contributed by atoms with Gasteiger partial charge in [-0.05, 0) is 19.4 Å². The Morgan fingerprint density at radius 2 is 2.23 bits per heavy atom. The summed E-state index contributed by atoms with van der Waals surface area (Å²) in [5.41, 5.74) is 5.48. The van der Waals surface area contributed by atoms with Crippen LogP contribution in [0, 0.1) is 0 Å². The molecule has 0 aromatic carbocycles. The van der Waals surface area contributed by atoms with Gasteiger partial charge < -0.3 is 16.9 Å². The van der Waals surface area contributed by atoms with E-state index in [0.717, 1.165) is 18.8 Å². The molecule has 0 aliphatic carbocycles. The molecule has 1 aliphatic rings. The van der Waals surface area contributed by atoms with Gasteiger partial charge in [0.25, 0.3) is 0 Å². The smallest absolute Gasteiger partial charge is 0.240 e. The van der Waals surface area contributed by atoms with Crippen LogP contribution in [0.15, 0.2) is 0 Å². The summed E-state index contributed by atoms with van der Waals surface area (Å²) in [7, 11) is 0. The van der Waals surface area contributed by atoms with Gasteiger partial charge in [0.15, 0.2) is 5.82 Å². The quantitative estimate of drug-likeness (QED) is 0.503. The van der Waals surface area contributed by atoms with Crippen LogP contribution in [-0.4, -0.2) is 21.4 Å². The molecule has 1 atom stereocenters. The maximum Gasteiger partial charge on any atom is 0.240 e. The van der Waals surface area contributed by atoms with Gasteiger partial charge >= 0.3 is 0 Å².